The summed E-state index contributed by atoms with van der Waals surface area (Å²) in [7, 11) is 0. The minimum Gasteiger partial charge on any atom is -0.454 e. The number of ether oxygens (including phenoxy) is 2. The summed E-state index contributed by atoms with van der Waals surface area (Å²) >= 11 is 0.860. The molecule has 0 aromatic heterocycles. The minimum absolute atomic E-state index is 0.0348. The highest BCUT2D eigenvalue weighted by Crippen LogP contribution is 2.37. The van der Waals surface area contributed by atoms with Crippen molar-refractivity contribution in [1.29, 1.82) is 0 Å². The Balaban J connectivity index is 1.72. The number of carbonyl (C=O) groups excluding carboxylic acids is 2. The van der Waals surface area contributed by atoms with E-state index < -0.39 is 17.5 Å². The number of rotatable bonds is 5. The van der Waals surface area contributed by atoms with Gasteiger partial charge in [0.1, 0.15) is 11.6 Å². The van der Waals surface area contributed by atoms with Crippen LogP contribution in [-0.4, -0.2) is 24.2 Å². The molecule has 0 spiro atoms. The summed E-state index contributed by atoms with van der Waals surface area (Å²) in [4.78, 5) is 23.9. The number of carbonyl (C=O) groups is 2. The van der Waals surface area contributed by atoms with E-state index in [2.05, 4.69) is 5.32 Å². The standard InChI is InChI=1S/C17H13F2NO4S/c1-9(21)11-5-14-15(24-8-23-14)6-13(11)20-17(22)7-25-16-4-10(18)2-3-12(16)19/h2-6H,7-8H2,1H3,(H,20,22). The molecule has 1 aliphatic rings. The third-order valence-corrected chi connectivity index (χ3v) is 4.45. The van der Waals surface area contributed by atoms with Gasteiger partial charge in [0.2, 0.25) is 12.7 Å². The topological polar surface area (TPSA) is 64.6 Å². The van der Waals surface area contributed by atoms with Gasteiger partial charge in [-0.2, -0.15) is 0 Å². The molecule has 2 aromatic carbocycles. The van der Waals surface area contributed by atoms with E-state index in [1.54, 1.807) is 0 Å². The number of benzene rings is 2. The number of nitrogens with one attached hydrogen (secondary N) is 1. The second-order valence-corrected chi connectivity index (χ2v) is 6.24. The molecule has 2 aromatic rings. The molecule has 8 heteroatoms. The minimum atomic E-state index is -0.605. The number of anilines is 1. The molecule has 5 nitrogen and oxygen atoms in total. The highest BCUT2D eigenvalue weighted by atomic mass is 32.2. The van der Waals surface area contributed by atoms with Crippen LogP contribution < -0.4 is 14.8 Å². The fraction of sp³-hybridized carbons (Fsp3) is 0.176. The number of hydrogen-bond acceptors (Lipinski definition) is 5. The van der Waals surface area contributed by atoms with Crippen LogP contribution in [0.15, 0.2) is 35.2 Å². The molecule has 0 aliphatic carbocycles. The normalized spacial score (nSPS) is 12.1. The third kappa shape index (κ3) is 3.90. The van der Waals surface area contributed by atoms with E-state index in [1.165, 1.54) is 19.1 Å². The summed E-state index contributed by atoms with van der Waals surface area (Å²) in [5, 5.41) is 2.59. The first-order valence-electron chi connectivity index (χ1n) is 7.26. The maximum atomic E-state index is 13.6. The van der Waals surface area contributed by atoms with Crippen molar-refractivity contribution in [2.75, 3.05) is 17.9 Å². The first-order chi connectivity index (χ1) is 11.9. The molecule has 1 heterocycles. The van der Waals surface area contributed by atoms with E-state index in [0.29, 0.717) is 11.5 Å². The van der Waals surface area contributed by atoms with Crippen LogP contribution in [0.2, 0.25) is 0 Å². The summed E-state index contributed by atoms with van der Waals surface area (Å²) in [6.07, 6.45) is 0. The number of Topliss-reactive ketones (excluding diaryl/α,β-unsaturated/α-hetero) is 1. The van der Waals surface area contributed by atoms with Crippen LogP contribution in [0.25, 0.3) is 0 Å². The number of amides is 1. The second-order valence-electron chi connectivity index (χ2n) is 5.22. The summed E-state index contributed by atoms with van der Waals surface area (Å²) in [5.41, 5.74) is 0.557. The Hall–Kier alpha value is -2.61. The predicted molar refractivity (Wildman–Crippen MR) is 88.3 cm³/mol. The maximum absolute atomic E-state index is 13.6. The van der Waals surface area contributed by atoms with Crippen molar-refractivity contribution >= 4 is 29.1 Å². The van der Waals surface area contributed by atoms with Gasteiger partial charge in [-0.25, -0.2) is 8.78 Å². The third-order valence-electron chi connectivity index (χ3n) is 3.42. The van der Waals surface area contributed by atoms with E-state index in [0.717, 1.165) is 30.0 Å². The summed E-state index contributed by atoms with van der Waals surface area (Å²) in [5.74, 6) is -1.20. The largest absolute Gasteiger partial charge is 0.454 e. The van der Waals surface area contributed by atoms with E-state index >= 15 is 0 Å². The van der Waals surface area contributed by atoms with Gasteiger partial charge in [-0.05, 0) is 31.2 Å². The van der Waals surface area contributed by atoms with Crippen LogP contribution in [0.4, 0.5) is 14.5 Å². The van der Waals surface area contributed by atoms with Crippen molar-refractivity contribution in [3.8, 4) is 11.5 Å². The lowest BCUT2D eigenvalue weighted by molar-refractivity contribution is -0.113. The predicted octanol–water partition coefficient (Wildman–Crippen LogP) is 3.63. The van der Waals surface area contributed by atoms with Gasteiger partial charge < -0.3 is 14.8 Å². The molecule has 0 saturated carbocycles. The number of fused-ring (bicyclic) bond motifs is 1. The molecule has 3 rings (SSSR count). The molecule has 0 radical (unpaired) electrons. The fourth-order valence-corrected chi connectivity index (χ4v) is 3.01. The van der Waals surface area contributed by atoms with Gasteiger partial charge in [-0.15, -0.1) is 11.8 Å². The zero-order valence-electron chi connectivity index (χ0n) is 13.1. The lowest BCUT2D eigenvalue weighted by Gasteiger charge is -2.10. The number of hydrogen-bond donors (Lipinski definition) is 1. The summed E-state index contributed by atoms with van der Waals surface area (Å²) < 4.78 is 37.2. The van der Waals surface area contributed by atoms with Crippen LogP contribution in [0.3, 0.4) is 0 Å². The van der Waals surface area contributed by atoms with Gasteiger partial charge in [0.15, 0.2) is 17.3 Å². The molecule has 1 amide bonds. The highest BCUT2D eigenvalue weighted by molar-refractivity contribution is 8.00. The second kappa shape index (κ2) is 7.10. The Labute approximate surface area is 146 Å². The highest BCUT2D eigenvalue weighted by Gasteiger charge is 2.20. The van der Waals surface area contributed by atoms with Crippen LogP contribution in [-0.2, 0) is 4.79 Å². The molecule has 1 N–H and O–H groups in total. The average Bonchev–Trinajstić information content (AvgIpc) is 3.02. The first-order valence-corrected chi connectivity index (χ1v) is 8.25. The maximum Gasteiger partial charge on any atom is 0.234 e. The monoisotopic (exact) mass is 365 g/mol. The molecule has 1 aliphatic heterocycles. The van der Waals surface area contributed by atoms with Crippen molar-refractivity contribution in [2.45, 2.75) is 11.8 Å². The van der Waals surface area contributed by atoms with Crippen LogP contribution in [0, 0.1) is 11.6 Å². The van der Waals surface area contributed by atoms with Crippen LogP contribution in [0.1, 0.15) is 17.3 Å². The van der Waals surface area contributed by atoms with E-state index in [4.69, 9.17) is 9.47 Å². The van der Waals surface area contributed by atoms with Crippen molar-refractivity contribution in [1.82, 2.24) is 0 Å². The number of thioether (sulfide) groups is 1. The molecular weight excluding hydrogens is 352 g/mol. The van der Waals surface area contributed by atoms with Crippen molar-refractivity contribution < 1.29 is 27.8 Å². The summed E-state index contributed by atoms with van der Waals surface area (Å²) in [6, 6.07) is 6.03. The van der Waals surface area contributed by atoms with Gasteiger partial charge in [0, 0.05) is 16.5 Å². The zero-order chi connectivity index (χ0) is 18.0. The summed E-state index contributed by atoms with van der Waals surface area (Å²) in [6.45, 7) is 1.41. The Morgan fingerprint density at radius 1 is 1.16 bits per heavy atom. The van der Waals surface area contributed by atoms with Crippen molar-refractivity contribution in [3.05, 3.63) is 47.5 Å². The van der Waals surface area contributed by atoms with Gasteiger partial charge >= 0.3 is 0 Å². The Kier molecular flexibility index (Phi) is 4.89. The number of ketones is 1. The number of halogens is 2. The quantitative estimate of drug-likeness (QED) is 0.648. The van der Waals surface area contributed by atoms with Crippen LogP contribution in [0.5, 0.6) is 11.5 Å². The van der Waals surface area contributed by atoms with Gasteiger partial charge in [0.05, 0.1) is 11.4 Å². The molecule has 130 valence electrons. The lowest BCUT2D eigenvalue weighted by atomic mass is 10.1. The van der Waals surface area contributed by atoms with Crippen molar-refractivity contribution in [3.63, 3.8) is 0 Å². The van der Waals surface area contributed by atoms with E-state index in [9.17, 15) is 18.4 Å². The molecule has 0 saturated heterocycles. The Morgan fingerprint density at radius 2 is 1.88 bits per heavy atom. The average molecular weight is 365 g/mol. The smallest absolute Gasteiger partial charge is 0.234 e. The zero-order valence-corrected chi connectivity index (χ0v) is 13.9. The lowest BCUT2D eigenvalue weighted by Crippen LogP contribution is -2.16. The van der Waals surface area contributed by atoms with Gasteiger partial charge in [-0.1, -0.05) is 0 Å². The van der Waals surface area contributed by atoms with E-state index in [-0.39, 0.29) is 34.5 Å². The Morgan fingerprint density at radius 3 is 2.60 bits per heavy atom. The van der Waals surface area contributed by atoms with Crippen LogP contribution >= 0.6 is 11.8 Å². The first kappa shape index (κ1) is 17.2. The molecule has 0 unspecified atom stereocenters. The molecule has 0 bridgehead atoms. The van der Waals surface area contributed by atoms with Gasteiger partial charge in [0.25, 0.3) is 0 Å². The molecule has 0 fully saturated rings. The fourth-order valence-electron chi connectivity index (χ4n) is 2.25. The Bertz CT molecular complexity index is 857. The molecule has 0 atom stereocenters. The molecular formula is C17H13F2NO4S. The SMILES string of the molecule is CC(=O)c1cc2c(cc1NC(=O)CSc1cc(F)ccc1F)OCO2. The van der Waals surface area contributed by atoms with E-state index in [1.807, 2.05) is 0 Å². The molecule has 25 heavy (non-hydrogen) atoms. The van der Waals surface area contributed by atoms with Gasteiger partial charge in [-0.3, -0.25) is 9.59 Å². The van der Waals surface area contributed by atoms with Crippen molar-refractivity contribution in [2.24, 2.45) is 0 Å².